The summed E-state index contributed by atoms with van der Waals surface area (Å²) in [4.78, 5) is 50.4. The number of cyclic esters (lactones) is 1. The van der Waals surface area contributed by atoms with Crippen molar-refractivity contribution < 1.29 is 29.1 Å². The molecule has 41 heavy (non-hydrogen) atoms. The maximum absolute atomic E-state index is 13.4. The van der Waals surface area contributed by atoms with Crippen molar-refractivity contribution in [2.24, 2.45) is 5.10 Å². The highest BCUT2D eigenvalue weighted by atomic mass is 16.5. The van der Waals surface area contributed by atoms with Gasteiger partial charge in [-0.2, -0.15) is 5.10 Å². The lowest BCUT2D eigenvalue weighted by atomic mass is 10.0. The Kier molecular flexibility index (Phi) is 13.2. The van der Waals surface area contributed by atoms with Crippen LogP contribution in [0, 0.1) is 0 Å². The van der Waals surface area contributed by atoms with Crippen molar-refractivity contribution >= 4 is 29.9 Å². The molecule has 3 N–H and O–H groups in total. The number of carbonyl (C=O) groups is 4. The van der Waals surface area contributed by atoms with Gasteiger partial charge in [0.2, 0.25) is 17.7 Å². The Labute approximate surface area is 240 Å². The average Bonchev–Trinajstić information content (AvgIpc) is 2.98. The van der Waals surface area contributed by atoms with E-state index in [2.05, 4.69) is 10.5 Å². The molecule has 0 bridgehead atoms. The van der Waals surface area contributed by atoms with Gasteiger partial charge in [-0.3, -0.25) is 24.4 Å². The standard InChI is InChI=1S/C31H38N4O6/c36-28(13-7-4-8-14-29(37)34-40)33-32-21-24-17-19-25(20-18-24)22-35-27(26-11-5-3-6-12-26)23-41-31(39)16-10-2-1-9-15-30(35)38/h1-3,5-6,11-12,17-21,27,40H,4,7-10,13-16,22-23H2,(H,33,36)(H,34,37)/b2-1+,32-21+/t27-/m1/s1. The maximum Gasteiger partial charge on any atom is 0.306 e. The van der Waals surface area contributed by atoms with Gasteiger partial charge in [-0.1, -0.05) is 73.2 Å². The normalized spacial score (nSPS) is 17.3. The molecule has 10 nitrogen and oxygen atoms in total. The summed E-state index contributed by atoms with van der Waals surface area (Å²) in [5.41, 5.74) is 6.67. The Hall–Kier alpha value is -4.31. The molecule has 3 amide bonds. The monoisotopic (exact) mass is 562 g/mol. The van der Waals surface area contributed by atoms with Gasteiger partial charge in [-0.05, 0) is 42.4 Å². The van der Waals surface area contributed by atoms with E-state index in [1.807, 2.05) is 66.7 Å². The number of amides is 3. The van der Waals surface area contributed by atoms with E-state index in [-0.39, 0.29) is 37.2 Å². The topological polar surface area (TPSA) is 137 Å². The van der Waals surface area contributed by atoms with Crippen LogP contribution < -0.4 is 10.9 Å². The number of rotatable bonds is 11. The zero-order chi connectivity index (χ0) is 29.3. The number of hydroxylamine groups is 1. The van der Waals surface area contributed by atoms with Crippen LogP contribution in [0.15, 0.2) is 71.9 Å². The summed E-state index contributed by atoms with van der Waals surface area (Å²) in [6.07, 6.45) is 9.67. The van der Waals surface area contributed by atoms with E-state index < -0.39 is 11.9 Å². The van der Waals surface area contributed by atoms with Gasteiger partial charge in [-0.15, -0.1) is 0 Å². The number of carbonyl (C=O) groups excluding carboxylic acids is 4. The fraction of sp³-hybridized carbons (Fsp3) is 0.387. The SMILES string of the molecule is O=C(CCCCCC(=O)N/N=C/c1ccc(CN2C(=O)CC/C=C/CCC(=O)OC[C@@H]2c2ccccc2)cc1)NO. The number of benzene rings is 2. The minimum atomic E-state index is -0.436. The van der Waals surface area contributed by atoms with E-state index in [1.165, 1.54) is 0 Å². The first-order valence-corrected chi connectivity index (χ1v) is 13.9. The number of allylic oxidation sites excluding steroid dienone is 2. The molecule has 0 radical (unpaired) electrons. The quantitative estimate of drug-likeness (QED) is 0.0931. The fourth-order valence-electron chi connectivity index (χ4n) is 4.39. The highest BCUT2D eigenvalue weighted by molar-refractivity contribution is 5.82. The number of hydrazone groups is 1. The van der Waals surface area contributed by atoms with Gasteiger partial charge in [0.15, 0.2) is 0 Å². The van der Waals surface area contributed by atoms with E-state index in [0.29, 0.717) is 51.5 Å². The Bertz CT molecular complexity index is 1200. The van der Waals surface area contributed by atoms with Crippen molar-refractivity contribution in [3.63, 3.8) is 0 Å². The summed E-state index contributed by atoms with van der Waals surface area (Å²) in [5, 5.41) is 12.5. The first-order valence-electron chi connectivity index (χ1n) is 13.9. The van der Waals surface area contributed by atoms with Gasteiger partial charge >= 0.3 is 5.97 Å². The van der Waals surface area contributed by atoms with Crippen molar-refractivity contribution in [1.29, 1.82) is 0 Å². The Morgan fingerprint density at radius 1 is 0.927 bits per heavy atom. The molecule has 0 spiro atoms. The fourth-order valence-corrected chi connectivity index (χ4v) is 4.39. The number of hydrogen-bond acceptors (Lipinski definition) is 7. The largest absolute Gasteiger partial charge is 0.463 e. The van der Waals surface area contributed by atoms with Gasteiger partial charge in [0.1, 0.15) is 6.61 Å². The van der Waals surface area contributed by atoms with Crippen LogP contribution in [0.2, 0.25) is 0 Å². The molecule has 0 saturated heterocycles. The van der Waals surface area contributed by atoms with Crippen LogP contribution >= 0.6 is 0 Å². The molecule has 218 valence electrons. The third-order valence-electron chi connectivity index (χ3n) is 6.66. The molecule has 0 fully saturated rings. The molecular weight excluding hydrogens is 524 g/mol. The first-order chi connectivity index (χ1) is 20.0. The van der Waals surface area contributed by atoms with E-state index >= 15 is 0 Å². The highest BCUT2D eigenvalue weighted by Gasteiger charge is 2.26. The van der Waals surface area contributed by atoms with Gasteiger partial charge in [0.25, 0.3) is 0 Å². The van der Waals surface area contributed by atoms with Crippen LogP contribution in [-0.4, -0.2) is 46.6 Å². The lowest BCUT2D eigenvalue weighted by Gasteiger charge is -2.32. The summed E-state index contributed by atoms with van der Waals surface area (Å²) in [5.74, 6) is -0.966. The van der Waals surface area contributed by atoms with Gasteiger partial charge in [-0.25, -0.2) is 10.9 Å². The predicted molar refractivity (Wildman–Crippen MR) is 153 cm³/mol. The molecule has 0 unspecified atom stereocenters. The Balaban J connectivity index is 1.61. The molecule has 0 aromatic heterocycles. The lowest BCUT2D eigenvalue weighted by Crippen LogP contribution is -2.37. The van der Waals surface area contributed by atoms with Crippen LogP contribution in [-0.2, 0) is 30.5 Å². The van der Waals surface area contributed by atoms with E-state index in [4.69, 9.17) is 9.94 Å². The van der Waals surface area contributed by atoms with E-state index in [1.54, 1.807) is 16.6 Å². The number of ether oxygens (including phenoxy) is 1. The van der Waals surface area contributed by atoms with Crippen molar-refractivity contribution in [3.05, 3.63) is 83.4 Å². The van der Waals surface area contributed by atoms with Crippen molar-refractivity contribution in [2.75, 3.05) is 6.61 Å². The molecule has 2 aromatic carbocycles. The van der Waals surface area contributed by atoms with E-state index in [9.17, 15) is 19.2 Å². The maximum atomic E-state index is 13.4. The molecule has 1 heterocycles. The van der Waals surface area contributed by atoms with E-state index in [0.717, 1.165) is 16.7 Å². The zero-order valence-corrected chi connectivity index (χ0v) is 23.2. The Morgan fingerprint density at radius 2 is 1.61 bits per heavy atom. The molecule has 3 rings (SSSR count). The van der Waals surface area contributed by atoms with Gasteiger partial charge in [0.05, 0.1) is 12.3 Å². The number of unbranched alkanes of at least 4 members (excludes halogenated alkanes) is 2. The second-order valence-electron chi connectivity index (χ2n) is 9.81. The van der Waals surface area contributed by atoms with Crippen LogP contribution in [0.4, 0.5) is 0 Å². The third kappa shape index (κ3) is 11.4. The predicted octanol–water partition coefficient (Wildman–Crippen LogP) is 4.34. The second-order valence-corrected chi connectivity index (χ2v) is 9.81. The molecule has 0 aliphatic carbocycles. The molecule has 10 heteroatoms. The number of hydrogen-bond donors (Lipinski definition) is 3. The smallest absolute Gasteiger partial charge is 0.306 e. The summed E-state index contributed by atoms with van der Waals surface area (Å²) in [7, 11) is 0. The first kappa shape index (κ1) is 31.2. The molecule has 2 aromatic rings. The average molecular weight is 563 g/mol. The molecule has 1 aliphatic heterocycles. The number of nitrogens with one attached hydrogen (secondary N) is 2. The number of nitrogens with zero attached hydrogens (tertiary/aromatic N) is 2. The van der Waals surface area contributed by atoms with Crippen LogP contribution in [0.5, 0.6) is 0 Å². The third-order valence-corrected chi connectivity index (χ3v) is 6.66. The summed E-state index contributed by atoms with van der Waals surface area (Å²) in [6.45, 7) is 0.425. The van der Waals surface area contributed by atoms with Crippen molar-refractivity contribution in [2.45, 2.75) is 70.4 Å². The molecule has 1 atom stereocenters. The van der Waals surface area contributed by atoms with Crippen LogP contribution in [0.25, 0.3) is 0 Å². The van der Waals surface area contributed by atoms with Gasteiger partial charge in [0, 0.05) is 32.2 Å². The summed E-state index contributed by atoms with van der Waals surface area (Å²) < 4.78 is 5.59. The van der Waals surface area contributed by atoms with Gasteiger partial charge < -0.3 is 9.64 Å². The van der Waals surface area contributed by atoms with Crippen LogP contribution in [0.3, 0.4) is 0 Å². The highest BCUT2D eigenvalue weighted by Crippen LogP contribution is 2.26. The van der Waals surface area contributed by atoms with Crippen LogP contribution in [0.1, 0.15) is 80.5 Å². The second kappa shape index (κ2) is 17.4. The molecular formula is C31H38N4O6. The lowest BCUT2D eigenvalue weighted by molar-refractivity contribution is -0.149. The molecule has 1 aliphatic rings. The van der Waals surface area contributed by atoms with Crippen molar-refractivity contribution in [3.8, 4) is 0 Å². The zero-order valence-electron chi connectivity index (χ0n) is 23.2. The summed E-state index contributed by atoms with van der Waals surface area (Å²) >= 11 is 0. The Morgan fingerprint density at radius 3 is 2.32 bits per heavy atom. The minimum Gasteiger partial charge on any atom is -0.463 e. The summed E-state index contributed by atoms with van der Waals surface area (Å²) in [6, 6.07) is 16.7. The molecule has 0 saturated carbocycles. The van der Waals surface area contributed by atoms with Crippen molar-refractivity contribution in [1.82, 2.24) is 15.8 Å². The number of esters is 1. The minimum absolute atomic E-state index is 0.0230.